The Morgan fingerprint density at radius 1 is 1.23 bits per heavy atom. The molecule has 2 aromatic rings. The molecule has 1 aliphatic rings. The van der Waals surface area contributed by atoms with Crippen molar-refractivity contribution in [1.29, 1.82) is 5.26 Å². The lowest BCUT2D eigenvalue weighted by Gasteiger charge is -2.29. The molecule has 3 rings (SSSR count). The van der Waals surface area contributed by atoms with Gasteiger partial charge in [-0.05, 0) is 36.6 Å². The van der Waals surface area contributed by atoms with E-state index in [2.05, 4.69) is 5.32 Å². The number of nitriles is 1. The van der Waals surface area contributed by atoms with E-state index in [1.807, 2.05) is 30.3 Å². The molecule has 0 atom stereocenters. The van der Waals surface area contributed by atoms with Crippen molar-refractivity contribution in [3.05, 3.63) is 76.0 Å². The Balaban J connectivity index is 1.78. The van der Waals surface area contributed by atoms with Crippen molar-refractivity contribution >= 4 is 23.0 Å². The third-order valence-electron chi connectivity index (χ3n) is 4.17. The van der Waals surface area contributed by atoms with Gasteiger partial charge in [0, 0.05) is 36.3 Å². The highest BCUT2D eigenvalue weighted by molar-refractivity contribution is 6.09. The fourth-order valence-electron chi connectivity index (χ4n) is 2.87. The van der Waals surface area contributed by atoms with Crippen LogP contribution < -0.4 is 10.2 Å². The fourth-order valence-corrected chi connectivity index (χ4v) is 2.87. The molecular formula is C19H16N4O3. The van der Waals surface area contributed by atoms with Crippen LogP contribution in [-0.2, 0) is 11.2 Å². The van der Waals surface area contributed by atoms with Gasteiger partial charge in [0.15, 0.2) is 0 Å². The summed E-state index contributed by atoms with van der Waals surface area (Å²) in [5.41, 5.74) is 2.42. The van der Waals surface area contributed by atoms with E-state index in [9.17, 15) is 20.2 Å². The van der Waals surface area contributed by atoms with E-state index in [0.29, 0.717) is 12.2 Å². The highest BCUT2D eigenvalue weighted by Crippen LogP contribution is 2.27. The predicted octanol–water partition coefficient (Wildman–Crippen LogP) is 3.39. The number of para-hydroxylation sites is 1. The van der Waals surface area contributed by atoms with Gasteiger partial charge in [-0.15, -0.1) is 0 Å². The lowest BCUT2D eigenvalue weighted by atomic mass is 10.0. The van der Waals surface area contributed by atoms with Crippen molar-refractivity contribution in [3.63, 3.8) is 0 Å². The van der Waals surface area contributed by atoms with Gasteiger partial charge in [-0.2, -0.15) is 5.26 Å². The summed E-state index contributed by atoms with van der Waals surface area (Å²) in [5, 5.41) is 22.9. The van der Waals surface area contributed by atoms with Crippen LogP contribution in [0.4, 0.5) is 17.1 Å². The molecule has 0 saturated heterocycles. The van der Waals surface area contributed by atoms with E-state index in [0.717, 1.165) is 24.1 Å². The first kappa shape index (κ1) is 17.2. The number of nitro groups is 1. The number of carbonyl (C=O) groups excluding carboxylic acids is 1. The number of nitro benzene ring substituents is 1. The second kappa shape index (κ2) is 7.49. The standard InChI is InChI=1S/C19H16N4O3/c20-12-15(13-21-16-7-9-17(10-8-16)23(25)26)19(24)22-11-3-5-14-4-1-2-6-18(14)22/h1-2,4,6-10,13,21H,3,5,11H2/b15-13-. The van der Waals surface area contributed by atoms with E-state index in [1.165, 1.54) is 30.5 Å². The number of hydrogen-bond acceptors (Lipinski definition) is 5. The minimum absolute atomic E-state index is 0.0268. The molecule has 7 nitrogen and oxygen atoms in total. The first-order valence-electron chi connectivity index (χ1n) is 8.11. The number of aryl methyl sites for hydroxylation is 1. The number of nitrogens with zero attached hydrogens (tertiary/aromatic N) is 3. The molecule has 130 valence electrons. The molecule has 1 N–H and O–H groups in total. The van der Waals surface area contributed by atoms with Crippen molar-refractivity contribution < 1.29 is 9.72 Å². The number of benzene rings is 2. The summed E-state index contributed by atoms with van der Waals surface area (Å²) in [6.45, 7) is 0.562. The molecule has 0 aliphatic carbocycles. The van der Waals surface area contributed by atoms with Crippen molar-refractivity contribution in [2.24, 2.45) is 0 Å². The Bertz CT molecular complexity index is 913. The van der Waals surface area contributed by atoms with Crippen molar-refractivity contribution in [2.45, 2.75) is 12.8 Å². The average molecular weight is 348 g/mol. The molecule has 2 aromatic carbocycles. The van der Waals surface area contributed by atoms with E-state index in [4.69, 9.17) is 0 Å². The summed E-state index contributed by atoms with van der Waals surface area (Å²) >= 11 is 0. The first-order valence-corrected chi connectivity index (χ1v) is 8.11. The van der Waals surface area contributed by atoms with Crippen molar-refractivity contribution in [2.75, 3.05) is 16.8 Å². The number of anilines is 2. The molecule has 7 heteroatoms. The number of hydrogen-bond donors (Lipinski definition) is 1. The number of nitrogens with one attached hydrogen (secondary N) is 1. The van der Waals surface area contributed by atoms with E-state index >= 15 is 0 Å². The van der Waals surface area contributed by atoms with Crippen LogP contribution in [0.3, 0.4) is 0 Å². The van der Waals surface area contributed by atoms with Crippen molar-refractivity contribution in [3.8, 4) is 6.07 Å². The molecule has 0 unspecified atom stereocenters. The topological polar surface area (TPSA) is 99.3 Å². The van der Waals surface area contributed by atoms with Gasteiger partial charge in [-0.25, -0.2) is 0 Å². The molecule has 0 radical (unpaired) electrons. The van der Waals surface area contributed by atoms with E-state index < -0.39 is 4.92 Å². The monoisotopic (exact) mass is 348 g/mol. The molecule has 0 spiro atoms. The van der Waals surface area contributed by atoms with Crippen LogP contribution in [-0.4, -0.2) is 17.4 Å². The smallest absolute Gasteiger partial charge is 0.270 e. The lowest BCUT2D eigenvalue weighted by molar-refractivity contribution is -0.384. The molecule has 26 heavy (non-hydrogen) atoms. The van der Waals surface area contributed by atoms with Crippen LogP contribution in [0.25, 0.3) is 0 Å². The minimum atomic E-state index is -0.488. The zero-order chi connectivity index (χ0) is 18.5. The van der Waals surface area contributed by atoms with Crippen LogP contribution in [0.1, 0.15) is 12.0 Å². The average Bonchev–Trinajstić information content (AvgIpc) is 2.68. The normalized spacial score (nSPS) is 13.5. The van der Waals surface area contributed by atoms with Crippen LogP contribution in [0.5, 0.6) is 0 Å². The number of carbonyl (C=O) groups is 1. The van der Waals surface area contributed by atoms with Gasteiger partial charge in [-0.3, -0.25) is 14.9 Å². The maximum absolute atomic E-state index is 12.8. The Morgan fingerprint density at radius 3 is 2.65 bits per heavy atom. The maximum atomic E-state index is 12.8. The fraction of sp³-hybridized carbons (Fsp3) is 0.158. The Hall–Kier alpha value is -3.66. The van der Waals surface area contributed by atoms with Gasteiger partial charge in [0.25, 0.3) is 11.6 Å². The number of amides is 1. The molecule has 1 aliphatic heterocycles. The summed E-state index contributed by atoms with van der Waals surface area (Å²) < 4.78 is 0. The number of fused-ring (bicyclic) bond motifs is 1. The lowest BCUT2D eigenvalue weighted by Crippen LogP contribution is -2.36. The molecule has 1 heterocycles. The van der Waals surface area contributed by atoms with Crippen LogP contribution >= 0.6 is 0 Å². The summed E-state index contributed by atoms with van der Waals surface area (Å²) in [4.78, 5) is 24.6. The van der Waals surface area contributed by atoms with E-state index in [-0.39, 0.29) is 17.2 Å². The summed E-state index contributed by atoms with van der Waals surface area (Å²) in [6, 6.07) is 15.3. The molecule has 0 bridgehead atoms. The quantitative estimate of drug-likeness (QED) is 0.395. The maximum Gasteiger partial charge on any atom is 0.270 e. The van der Waals surface area contributed by atoms with Crippen LogP contribution in [0, 0.1) is 21.4 Å². The highest BCUT2D eigenvalue weighted by atomic mass is 16.6. The summed E-state index contributed by atoms with van der Waals surface area (Å²) in [6.07, 6.45) is 3.09. The minimum Gasteiger partial charge on any atom is -0.360 e. The Morgan fingerprint density at radius 2 is 1.96 bits per heavy atom. The molecule has 0 aromatic heterocycles. The largest absolute Gasteiger partial charge is 0.360 e. The van der Waals surface area contributed by atoms with Gasteiger partial charge in [0.2, 0.25) is 0 Å². The van der Waals surface area contributed by atoms with Gasteiger partial charge in [-0.1, -0.05) is 18.2 Å². The summed E-state index contributed by atoms with van der Waals surface area (Å²) in [5.74, 6) is -0.367. The second-order valence-corrected chi connectivity index (χ2v) is 5.81. The zero-order valence-electron chi connectivity index (χ0n) is 13.9. The third-order valence-corrected chi connectivity index (χ3v) is 4.17. The Labute approximate surface area is 150 Å². The predicted molar refractivity (Wildman–Crippen MR) is 97.5 cm³/mol. The number of rotatable bonds is 4. The van der Waals surface area contributed by atoms with Gasteiger partial charge in [0.05, 0.1) is 4.92 Å². The zero-order valence-corrected chi connectivity index (χ0v) is 13.9. The molecule has 1 amide bonds. The Kier molecular flexibility index (Phi) is 4.94. The highest BCUT2D eigenvalue weighted by Gasteiger charge is 2.24. The van der Waals surface area contributed by atoms with Gasteiger partial charge >= 0.3 is 0 Å². The summed E-state index contributed by atoms with van der Waals surface area (Å²) in [7, 11) is 0. The van der Waals surface area contributed by atoms with Gasteiger partial charge < -0.3 is 10.2 Å². The van der Waals surface area contributed by atoms with Crippen molar-refractivity contribution in [1.82, 2.24) is 0 Å². The number of non-ortho nitro benzene ring substituents is 1. The van der Waals surface area contributed by atoms with Crippen LogP contribution in [0.2, 0.25) is 0 Å². The van der Waals surface area contributed by atoms with E-state index in [1.54, 1.807) is 4.90 Å². The molecule has 0 saturated carbocycles. The molecule has 0 fully saturated rings. The molecular weight excluding hydrogens is 332 g/mol. The third kappa shape index (κ3) is 3.54. The van der Waals surface area contributed by atoms with Crippen LogP contribution in [0.15, 0.2) is 60.3 Å². The first-order chi connectivity index (χ1) is 12.6. The van der Waals surface area contributed by atoms with Gasteiger partial charge in [0.1, 0.15) is 11.6 Å². The SMILES string of the molecule is N#C/C(=C/Nc1ccc([N+](=O)[O-])cc1)C(=O)N1CCCc2ccccc21. The second-order valence-electron chi connectivity index (χ2n) is 5.81.